The molecular formula is C6H9Cl3N2O5. The summed E-state index contributed by atoms with van der Waals surface area (Å²) in [6, 6.07) is 0. The van der Waals surface area contributed by atoms with E-state index in [9.17, 15) is 20.2 Å². The summed E-state index contributed by atoms with van der Waals surface area (Å²) in [5, 5.41) is 29.9. The van der Waals surface area contributed by atoms with Gasteiger partial charge >= 0.3 is 5.66 Å². The number of hydrogen-bond acceptors (Lipinski definition) is 5. The Balaban J connectivity index is 4.58. The lowest BCUT2D eigenvalue weighted by Gasteiger charge is -2.16. The first-order valence-corrected chi connectivity index (χ1v) is 5.26. The standard InChI is InChI=1S/C6H9Cl3N2O5/c7-6(8,9)3-1-2-5(4-12,10(13)14)11(15)16/h12H,1-4H2. The fourth-order valence-electron chi connectivity index (χ4n) is 1.02. The van der Waals surface area contributed by atoms with Crippen LogP contribution < -0.4 is 0 Å². The molecule has 0 atom stereocenters. The molecule has 0 saturated carbocycles. The van der Waals surface area contributed by atoms with Crippen molar-refractivity contribution in [1.29, 1.82) is 0 Å². The lowest BCUT2D eigenvalue weighted by Crippen LogP contribution is -2.49. The smallest absolute Gasteiger partial charge is 0.382 e. The van der Waals surface area contributed by atoms with Gasteiger partial charge in [-0.25, -0.2) is 0 Å². The molecule has 7 nitrogen and oxygen atoms in total. The first kappa shape index (κ1) is 15.6. The van der Waals surface area contributed by atoms with Crippen LogP contribution in [0.15, 0.2) is 0 Å². The normalized spacial score (nSPS) is 12.5. The van der Waals surface area contributed by atoms with E-state index in [1.807, 2.05) is 0 Å². The van der Waals surface area contributed by atoms with Gasteiger partial charge in [-0.2, -0.15) is 0 Å². The summed E-state index contributed by atoms with van der Waals surface area (Å²) in [6.07, 6.45) is -0.627. The molecule has 0 spiro atoms. The second-order valence-corrected chi connectivity index (χ2v) is 5.64. The fraction of sp³-hybridized carbons (Fsp3) is 1.00. The van der Waals surface area contributed by atoms with Crippen LogP contribution in [0.3, 0.4) is 0 Å². The fourth-order valence-corrected chi connectivity index (χ4v) is 1.42. The van der Waals surface area contributed by atoms with Crippen LogP contribution in [-0.4, -0.2) is 31.0 Å². The number of aliphatic hydroxyl groups excluding tert-OH is 1. The minimum absolute atomic E-state index is 0.0565. The summed E-state index contributed by atoms with van der Waals surface area (Å²) < 4.78 is -1.62. The Morgan fingerprint density at radius 3 is 1.75 bits per heavy atom. The Morgan fingerprint density at radius 2 is 1.50 bits per heavy atom. The van der Waals surface area contributed by atoms with Gasteiger partial charge in [0.2, 0.25) is 0 Å². The van der Waals surface area contributed by atoms with E-state index in [-0.39, 0.29) is 12.8 Å². The number of hydrogen-bond donors (Lipinski definition) is 1. The zero-order chi connectivity index (χ0) is 13.0. The Labute approximate surface area is 106 Å². The molecule has 94 valence electrons. The Hall–Kier alpha value is -0.370. The molecular weight excluding hydrogens is 286 g/mol. The molecule has 0 rings (SSSR count). The SMILES string of the molecule is O=[N+]([O-])C(CO)(CCCC(Cl)(Cl)Cl)[N+](=O)[O-]. The van der Waals surface area contributed by atoms with Gasteiger partial charge in [-0.05, 0) is 12.8 Å². The van der Waals surface area contributed by atoms with Crippen LogP contribution in [0.5, 0.6) is 0 Å². The quantitative estimate of drug-likeness (QED) is 0.348. The van der Waals surface area contributed by atoms with Crippen molar-refractivity contribution >= 4 is 34.8 Å². The highest BCUT2D eigenvalue weighted by molar-refractivity contribution is 6.67. The molecule has 0 bridgehead atoms. The van der Waals surface area contributed by atoms with E-state index in [4.69, 9.17) is 39.9 Å². The van der Waals surface area contributed by atoms with Crippen molar-refractivity contribution in [2.24, 2.45) is 0 Å². The predicted octanol–water partition coefficient (Wildman–Crippen LogP) is 1.77. The van der Waals surface area contributed by atoms with Gasteiger partial charge < -0.3 is 5.11 Å². The van der Waals surface area contributed by atoms with E-state index >= 15 is 0 Å². The molecule has 1 N–H and O–H groups in total. The number of halogens is 3. The molecule has 0 radical (unpaired) electrons. The maximum absolute atomic E-state index is 10.6. The topological polar surface area (TPSA) is 107 Å². The van der Waals surface area contributed by atoms with Crippen molar-refractivity contribution in [2.75, 3.05) is 6.61 Å². The summed E-state index contributed by atoms with van der Waals surface area (Å²) in [7, 11) is 0. The number of nitro groups is 2. The maximum Gasteiger partial charge on any atom is 0.480 e. The summed E-state index contributed by atoms with van der Waals surface area (Å²) >= 11 is 16.2. The molecule has 0 heterocycles. The first-order valence-electron chi connectivity index (χ1n) is 4.12. The third kappa shape index (κ3) is 4.25. The summed E-state index contributed by atoms with van der Waals surface area (Å²) in [5.41, 5.74) is -2.62. The summed E-state index contributed by atoms with van der Waals surface area (Å²) in [5.74, 6) is 0. The maximum atomic E-state index is 10.6. The Bertz CT molecular complexity index is 266. The molecule has 0 aromatic heterocycles. The van der Waals surface area contributed by atoms with E-state index in [1.54, 1.807) is 0 Å². The number of aliphatic hydroxyl groups is 1. The number of rotatable bonds is 6. The molecule has 0 amide bonds. The molecule has 0 aliphatic heterocycles. The zero-order valence-electron chi connectivity index (χ0n) is 7.94. The van der Waals surface area contributed by atoms with Gasteiger partial charge in [-0.1, -0.05) is 34.8 Å². The molecule has 0 aliphatic rings. The van der Waals surface area contributed by atoms with Gasteiger partial charge in [-0.3, -0.25) is 20.2 Å². The number of alkyl halides is 3. The average Bonchev–Trinajstić information content (AvgIpc) is 2.09. The minimum atomic E-state index is -2.62. The molecule has 0 unspecified atom stereocenters. The highest BCUT2D eigenvalue weighted by Gasteiger charge is 2.55. The monoisotopic (exact) mass is 294 g/mol. The highest BCUT2D eigenvalue weighted by Crippen LogP contribution is 2.33. The molecule has 0 aromatic carbocycles. The summed E-state index contributed by atoms with van der Waals surface area (Å²) in [4.78, 5) is 18.8. The average molecular weight is 296 g/mol. The zero-order valence-corrected chi connectivity index (χ0v) is 10.2. The third-order valence-electron chi connectivity index (χ3n) is 1.97. The van der Waals surface area contributed by atoms with E-state index in [1.165, 1.54) is 0 Å². The van der Waals surface area contributed by atoms with Crippen molar-refractivity contribution in [1.82, 2.24) is 0 Å². The van der Waals surface area contributed by atoms with Crippen LogP contribution in [-0.2, 0) is 0 Å². The highest BCUT2D eigenvalue weighted by atomic mass is 35.6. The van der Waals surface area contributed by atoms with E-state index in [2.05, 4.69) is 0 Å². The third-order valence-corrected chi connectivity index (χ3v) is 2.54. The van der Waals surface area contributed by atoms with Gasteiger partial charge in [0.05, 0.1) is 6.42 Å². The number of nitrogens with zero attached hydrogens (tertiary/aromatic N) is 2. The van der Waals surface area contributed by atoms with Gasteiger partial charge in [0, 0.05) is 0 Å². The Morgan fingerprint density at radius 1 is 1.06 bits per heavy atom. The predicted molar refractivity (Wildman–Crippen MR) is 57.9 cm³/mol. The second-order valence-electron chi connectivity index (χ2n) is 3.12. The molecule has 0 aromatic rings. The van der Waals surface area contributed by atoms with Gasteiger partial charge in [0.25, 0.3) is 0 Å². The molecule has 16 heavy (non-hydrogen) atoms. The van der Waals surface area contributed by atoms with Crippen LogP contribution in [0.25, 0.3) is 0 Å². The van der Waals surface area contributed by atoms with Crippen LogP contribution in [0.2, 0.25) is 0 Å². The second kappa shape index (κ2) is 5.81. The largest absolute Gasteiger partial charge is 0.480 e. The van der Waals surface area contributed by atoms with Crippen molar-refractivity contribution in [3.8, 4) is 0 Å². The van der Waals surface area contributed by atoms with Crippen molar-refractivity contribution in [2.45, 2.75) is 28.7 Å². The lowest BCUT2D eigenvalue weighted by atomic mass is 10.1. The van der Waals surface area contributed by atoms with Crippen LogP contribution in [0.4, 0.5) is 0 Å². The van der Waals surface area contributed by atoms with Crippen molar-refractivity contribution in [3.05, 3.63) is 20.2 Å². The van der Waals surface area contributed by atoms with Crippen LogP contribution in [0, 0.1) is 20.2 Å². The Kier molecular flexibility index (Phi) is 5.67. The minimum Gasteiger partial charge on any atom is -0.382 e. The molecule has 0 aliphatic carbocycles. The molecule has 10 heteroatoms. The van der Waals surface area contributed by atoms with Crippen LogP contribution >= 0.6 is 34.8 Å². The van der Waals surface area contributed by atoms with E-state index in [0.717, 1.165) is 0 Å². The summed E-state index contributed by atoms with van der Waals surface area (Å²) in [6.45, 7) is -1.20. The van der Waals surface area contributed by atoms with Crippen molar-refractivity contribution in [3.63, 3.8) is 0 Å². The van der Waals surface area contributed by atoms with Gasteiger partial charge in [0.15, 0.2) is 10.4 Å². The molecule has 0 saturated heterocycles. The van der Waals surface area contributed by atoms with Crippen LogP contribution in [0.1, 0.15) is 19.3 Å². The van der Waals surface area contributed by atoms with Gasteiger partial charge in [0.1, 0.15) is 9.85 Å². The van der Waals surface area contributed by atoms with E-state index < -0.39 is 32.3 Å². The molecule has 0 fully saturated rings. The van der Waals surface area contributed by atoms with E-state index in [0.29, 0.717) is 0 Å². The van der Waals surface area contributed by atoms with Crippen molar-refractivity contribution < 1.29 is 15.0 Å². The van der Waals surface area contributed by atoms with Gasteiger partial charge in [-0.15, -0.1) is 0 Å². The first-order chi connectivity index (χ1) is 7.15. The lowest BCUT2D eigenvalue weighted by molar-refractivity contribution is -0.799.